The summed E-state index contributed by atoms with van der Waals surface area (Å²) < 4.78 is 1.06. The van der Waals surface area contributed by atoms with Crippen LogP contribution in [-0.2, 0) is 6.54 Å². The standard InChI is InChI=1S/C16H17BrN2O/c1-11(20)15-9-14(6-7-16(15)18)19(2)10-12-4-3-5-13(17)8-12/h3-9H,10,18H2,1-2H3. The van der Waals surface area contributed by atoms with Gasteiger partial charge in [-0.05, 0) is 42.8 Å². The third-order valence-corrected chi connectivity index (χ3v) is 3.66. The molecule has 0 atom stereocenters. The molecule has 0 spiro atoms. The number of nitrogens with zero attached hydrogens (tertiary/aromatic N) is 1. The Balaban J connectivity index is 2.23. The van der Waals surface area contributed by atoms with Crippen molar-refractivity contribution in [2.45, 2.75) is 13.5 Å². The molecule has 0 radical (unpaired) electrons. The van der Waals surface area contributed by atoms with Gasteiger partial charge in [0.1, 0.15) is 0 Å². The number of benzene rings is 2. The molecule has 2 N–H and O–H groups in total. The summed E-state index contributed by atoms with van der Waals surface area (Å²) in [7, 11) is 2.00. The van der Waals surface area contributed by atoms with Gasteiger partial charge < -0.3 is 10.6 Å². The minimum absolute atomic E-state index is 0.0137. The van der Waals surface area contributed by atoms with Crippen LogP contribution in [0, 0.1) is 0 Å². The number of hydrogen-bond acceptors (Lipinski definition) is 3. The third-order valence-electron chi connectivity index (χ3n) is 3.17. The van der Waals surface area contributed by atoms with E-state index in [1.165, 1.54) is 12.5 Å². The van der Waals surface area contributed by atoms with Gasteiger partial charge in [0.05, 0.1) is 0 Å². The molecule has 0 aliphatic heterocycles. The third kappa shape index (κ3) is 3.39. The molecule has 4 heteroatoms. The van der Waals surface area contributed by atoms with Crippen LogP contribution in [0.2, 0.25) is 0 Å². The molecule has 2 rings (SSSR count). The summed E-state index contributed by atoms with van der Waals surface area (Å²) in [6.45, 7) is 2.30. The van der Waals surface area contributed by atoms with Crippen molar-refractivity contribution in [2.75, 3.05) is 17.7 Å². The maximum Gasteiger partial charge on any atom is 0.161 e. The van der Waals surface area contributed by atoms with Crippen molar-refractivity contribution in [1.29, 1.82) is 0 Å². The van der Waals surface area contributed by atoms with Gasteiger partial charge in [0.15, 0.2) is 5.78 Å². The van der Waals surface area contributed by atoms with Crippen LogP contribution in [0.3, 0.4) is 0 Å². The molecule has 0 bridgehead atoms. The molecule has 2 aromatic carbocycles. The van der Waals surface area contributed by atoms with Crippen molar-refractivity contribution < 1.29 is 4.79 Å². The molecule has 104 valence electrons. The van der Waals surface area contributed by atoms with E-state index in [9.17, 15) is 4.79 Å². The molecule has 3 nitrogen and oxygen atoms in total. The number of anilines is 2. The van der Waals surface area contributed by atoms with E-state index in [0.717, 1.165) is 16.7 Å². The molecule has 2 aromatic rings. The second-order valence-electron chi connectivity index (χ2n) is 4.81. The monoisotopic (exact) mass is 332 g/mol. The van der Waals surface area contributed by atoms with Crippen LogP contribution in [0.25, 0.3) is 0 Å². The topological polar surface area (TPSA) is 46.3 Å². The molecule has 0 saturated carbocycles. The van der Waals surface area contributed by atoms with Gasteiger partial charge in [-0.15, -0.1) is 0 Å². The summed E-state index contributed by atoms with van der Waals surface area (Å²) in [6.07, 6.45) is 0. The molecule has 0 unspecified atom stereocenters. The van der Waals surface area contributed by atoms with Crippen molar-refractivity contribution in [3.8, 4) is 0 Å². The number of carbonyl (C=O) groups excluding carboxylic acids is 1. The molecule has 0 saturated heterocycles. The Hall–Kier alpha value is -1.81. The lowest BCUT2D eigenvalue weighted by atomic mass is 10.1. The first-order valence-corrected chi connectivity index (χ1v) is 7.12. The zero-order valence-electron chi connectivity index (χ0n) is 11.6. The van der Waals surface area contributed by atoms with Gasteiger partial charge in [-0.3, -0.25) is 4.79 Å². The van der Waals surface area contributed by atoms with Gasteiger partial charge in [0, 0.05) is 35.0 Å². The van der Waals surface area contributed by atoms with E-state index in [1.54, 1.807) is 6.07 Å². The molecule has 0 heterocycles. The zero-order valence-corrected chi connectivity index (χ0v) is 13.1. The summed E-state index contributed by atoms with van der Waals surface area (Å²) in [4.78, 5) is 13.6. The van der Waals surface area contributed by atoms with Crippen LogP contribution >= 0.6 is 15.9 Å². The van der Waals surface area contributed by atoms with E-state index in [4.69, 9.17) is 5.73 Å². The average molecular weight is 333 g/mol. The molecule has 0 fully saturated rings. The Morgan fingerprint density at radius 1 is 1.25 bits per heavy atom. The maximum atomic E-state index is 11.5. The fourth-order valence-corrected chi connectivity index (χ4v) is 2.53. The number of halogens is 1. The van der Waals surface area contributed by atoms with Crippen LogP contribution in [0.4, 0.5) is 11.4 Å². The molecule has 0 aliphatic rings. The van der Waals surface area contributed by atoms with Gasteiger partial charge in [0.25, 0.3) is 0 Å². The predicted octanol–water partition coefficient (Wildman–Crippen LogP) is 3.87. The SMILES string of the molecule is CC(=O)c1cc(N(C)Cc2cccc(Br)c2)ccc1N. The van der Waals surface area contributed by atoms with Gasteiger partial charge >= 0.3 is 0 Å². The van der Waals surface area contributed by atoms with Crippen LogP contribution in [-0.4, -0.2) is 12.8 Å². The van der Waals surface area contributed by atoms with Crippen LogP contribution in [0.15, 0.2) is 46.9 Å². The number of nitrogens with two attached hydrogens (primary N) is 1. The van der Waals surface area contributed by atoms with E-state index in [0.29, 0.717) is 11.3 Å². The van der Waals surface area contributed by atoms with E-state index in [2.05, 4.69) is 33.0 Å². The lowest BCUT2D eigenvalue weighted by molar-refractivity contribution is 0.101. The Morgan fingerprint density at radius 3 is 2.65 bits per heavy atom. The summed E-state index contributed by atoms with van der Waals surface area (Å²) in [5.41, 5.74) is 9.09. The van der Waals surface area contributed by atoms with E-state index in [1.807, 2.05) is 31.3 Å². The Morgan fingerprint density at radius 2 is 2.00 bits per heavy atom. The Bertz CT molecular complexity index is 640. The Kier molecular flexibility index (Phi) is 4.45. The normalized spacial score (nSPS) is 10.3. The molecular weight excluding hydrogens is 316 g/mol. The zero-order chi connectivity index (χ0) is 14.7. The number of carbonyl (C=O) groups is 1. The van der Waals surface area contributed by atoms with Crippen LogP contribution in [0.5, 0.6) is 0 Å². The second kappa shape index (κ2) is 6.09. The smallest absolute Gasteiger partial charge is 0.161 e. The fraction of sp³-hybridized carbons (Fsp3) is 0.188. The minimum Gasteiger partial charge on any atom is -0.398 e. The van der Waals surface area contributed by atoms with Crippen molar-refractivity contribution >= 4 is 33.1 Å². The number of nitrogen functional groups attached to an aromatic ring is 1. The first kappa shape index (κ1) is 14.6. The van der Waals surface area contributed by atoms with Crippen molar-refractivity contribution in [2.24, 2.45) is 0 Å². The summed E-state index contributed by atoms with van der Waals surface area (Å²) in [6, 6.07) is 13.7. The lowest BCUT2D eigenvalue weighted by Gasteiger charge is -2.20. The summed E-state index contributed by atoms with van der Waals surface area (Å²) >= 11 is 3.47. The highest BCUT2D eigenvalue weighted by atomic mass is 79.9. The average Bonchev–Trinajstić information content (AvgIpc) is 2.38. The van der Waals surface area contributed by atoms with E-state index < -0.39 is 0 Å². The Labute approximate surface area is 127 Å². The highest BCUT2D eigenvalue weighted by molar-refractivity contribution is 9.10. The summed E-state index contributed by atoms with van der Waals surface area (Å²) in [5, 5.41) is 0. The van der Waals surface area contributed by atoms with Crippen molar-refractivity contribution in [3.05, 3.63) is 58.1 Å². The molecule has 0 aromatic heterocycles. The van der Waals surface area contributed by atoms with Crippen molar-refractivity contribution in [3.63, 3.8) is 0 Å². The predicted molar refractivity (Wildman–Crippen MR) is 87.1 cm³/mol. The highest BCUT2D eigenvalue weighted by Crippen LogP contribution is 2.23. The first-order valence-electron chi connectivity index (χ1n) is 6.33. The highest BCUT2D eigenvalue weighted by Gasteiger charge is 2.09. The van der Waals surface area contributed by atoms with Crippen LogP contribution < -0.4 is 10.6 Å². The largest absolute Gasteiger partial charge is 0.398 e. The maximum absolute atomic E-state index is 11.5. The number of ketones is 1. The molecular formula is C16H17BrN2O. The van der Waals surface area contributed by atoms with Crippen LogP contribution in [0.1, 0.15) is 22.8 Å². The minimum atomic E-state index is -0.0137. The molecule has 0 amide bonds. The molecule has 20 heavy (non-hydrogen) atoms. The number of rotatable bonds is 4. The van der Waals surface area contributed by atoms with Gasteiger partial charge in [-0.25, -0.2) is 0 Å². The fourth-order valence-electron chi connectivity index (χ4n) is 2.09. The second-order valence-corrected chi connectivity index (χ2v) is 5.73. The quantitative estimate of drug-likeness (QED) is 0.682. The van der Waals surface area contributed by atoms with Gasteiger partial charge in [0.2, 0.25) is 0 Å². The van der Waals surface area contributed by atoms with Gasteiger partial charge in [-0.2, -0.15) is 0 Å². The number of hydrogen-bond donors (Lipinski definition) is 1. The van der Waals surface area contributed by atoms with Crippen molar-refractivity contribution in [1.82, 2.24) is 0 Å². The lowest BCUT2D eigenvalue weighted by Crippen LogP contribution is -2.17. The van der Waals surface area contributed by atoms with E-state index in [-0.39, 0.29) is 5.78 Å². The van der Waals surface area contributed by atoms with E-state index >= 15 is 0 Å². The summed E-state index contributed by atoms with van der Waals surface area (Å²) in [5.74, 6) is -0.0137. The van der Waals surface area contributed by atoms with Gasteiger partial charge in [-0.1, -0.05) is 28.1 Å². The number of Topliss-reactive ketones (excluding diaryl/α,β-unsaturated/α-hetero) is 1. The molecule has 0 aliphatic carbocycles. The first-order chi connectivity index (χ1) is 9.47.